The minimum atomic E-state index is -4.51. The Bertz CT molecular complexity index is 1890. The largest absolute Gasteiger partial charge is 0.492 e. The van der Waals surface area contributed by atoms with Gasteiger partial charge in [-0.2, -0.15) is 13.2 Å². The minimum Gasteiger partial charge on any atom is -0.492 e. The molecular formula is C36H35F3N2O6S. The molecule has 0 unspecified atom stereocenters. The van der Waals surface area contributed by atoms with Gasteiger partial charge < -0.3 is 14.8 Å². The Hall–Kier alpha value is -4.84. The van der Waals surface area contributed by atoms with Gasteiger partial charge in [0.2, 0.25) is 5.91 Å². The summed E-state index contributed by atoms with van der Waals surface area (Å²) >= 11 is 0. The molecular weight excluding hydrogens is 645 g/mol. The molecule has 4 aromatic rings. The van der Waals surface area contributed by atoms with E-state index in [-0.39, 0.29) is 42.4 Å². The van der Waals surface area contributed by atoms with Gasteiger partial charge in [-0.25, -0.2) is 8.42 Å². The zero-order chi connectivity index (χ0) is 34.7. The minimum absolute atomic E-state index is 0.102. The predicted octanol–water partition coefficient (Wildman–Crippen LogP) is 6.57. The lowest BCUT2D eigenvalue weighted by Gasteiger charge is -2.26. The van der Waals surface area contributed by atoms with Crippen LogP contribution in [0.4, 0.5) is 18.9 Å². The second kappa shape index (κ2) is 13.7. The number of ether oxygens (including phenoxy) is 2. The maximum absolute atomic E-state index is 14.0. The summed E-state index contributed by atoms with van der Waals surface area (Å²) in [6, 6.07) is 23.0. The molecule has 0 aromatic heterocycles. The first kappa shape index (κ1) is 34.5. The fourth-order valence-corrected chi connectivity index (χ4v) is 7.02. The molecule has 48 heavy (non-hydrogen) atoms. The number of alkyl halides is 3. The first-order chi connectivity index (χ1) is 22.6. The molecule has 0 saturated carbocycles. The molecule has 0 bridgehead atoms. The molecule has 5 rings (SSSR count). The number of hydrogen-bond acceptors (Lipinski definition) is 6. The second-order valence-corrected chi connectivity index (χ2v) is 14.1. The van der Waals surface area contributed by atoms with E-state index in [0.717, 1.165) is 22.0 Å². The zero-order valence-electron chi connectivity index (χ0n) is 26.6. The van der Waals surface area contributed by atoms with Crippen molar-refractivity contribution in [2.24, 2.45) is 0 Å². The van der Waals surface area contributed by atoms with E-state index in [0.29, 0.717) is 22.6 Å². The van der Waals surface area contributed by atoms with Crippen LogP contribution in [0.2, 0.25) is 0 Å². The van der Waals surface area contributed by atoms with Crippen molar-refractivity contribution in [3.8, 4) is 16.9 Å². The number of esters is 1. The predicted molar refractivity (Wildman–Crippen MR) is 175 cm³/mol. The van der Waals surface area contributed by atoms with Crippen LogP contribution in [0.1, 0.15) is 37.5 Å². The number of nitrogens with one attached hydrogen (secondary N) is 1. The first-order valence-corrected chi connectivity index (χ1v) is 16.7. The second-order valence-electron chi connectivity index (χ2n) is 12.3. The lowest BCUT2D eigenvalue weighted by atomic mass is 10.0. The van der Waals surface area contributed by atoms with Crippen LogP contribution in [-0.4, -0.2) is 45.1 Å². The molecule has 1 aliphatic heterocycles. The summed E-state index contributed by atoms with van der Waals surface area (Å²) in [4.78, 5) is 25.4. The average Bonchev–Trinajstić information content (AvgIpc) is 3.43. The van der Waals surface area contributed by atoms with Crippen LogP contribution in [0.3, 0.4) is 0 Å². The van der Waals surface area contributed by atoms with Gasteiger partial charge in [0.1, 0.15) is 24.0 Å². The Morgan fingerprint density at radius 1 is 0.875 bits per heavy atom. The Labute approximate surface area is 277 Å². The molecule has 1 aliphatic rings. The van der Waals surface area contributed by atoms with Gasteiger partial charge >= 0.3 is 12.1 Å². The standard InChI is InChI=1S/C36H35F3N2O6S/c1-35(2,3)47-33(42)21-24-11-15-29(16-12-24)46-20-19-40-34(43)32-23-27-7-4-5-10-31(27)41(32)48(44,45)30-17-13-25(14-18-30)26-8-6-9-28(22-26)36(37,38)39/h4-18,22,32H,19-21,23H2,1-3H3,(H,40,43)/t32-/m0/s1. The number of amides is 1. The van der Waals surface area contributed by atoms with E-state index >= 15 is 0 Å². The molecule has 0 fully saturated rings. The molecule has 0 radical (unpaired) electrons. The molecule has 252 valence electrons. The number of halogens is 3. The van der Waals surface area contributed by atoms with Gasteiger partial charge in [0.25, 0.3) is 10.0 Å². The molecule has 4 aromatic carbocycles. The molecule has 1 amide bonds. The summed E-state index contributed by atoms with van der Waals surface area (Å²) in [5.74, 6) is -0.314. The smallest absolute Gasteiger partial charge is 0.416 e. The summed E-state index contributed by atoms with van der Waals surface area (Å²) < 4.78 is 79.8. The number of hydrogen-bond donors (Lipinski definition) is 1. The highest BCUT2D eigenvalue weighted by atomic mass is 32.2. The molecule has 1 N–H and O–H groups in total. The highest BCUT2D eigenvalue weighted by molar-refractivity contribution is 7.93. The SMILES string of the molecule is CC(C)(C)OC(=O)Cc1ccc(OCCNC(=O)[C@@H]2Cc3ccccc3N2S(=O)(=O)c2ccc(-c3cccc(C(F)(F)F)c3)cc2)cc1. The van der Waals surface area contributed by atoms with E-state index in [1.165, 1.54) is 36.4 Å². The number of fused-ring (bicyclic) bond motifs is 1. The van der Waals surface area contributed by atoms with Crippen LogP contribution in [-0.2, 0) is 43.4 Å². The summed E-state index contributed by atoms with van der Waals surface area (Å²) in [6.45, 7) is 5.62. The Kier molecular flexibility index (Phi) is 9.86. The maximum Gasteiger partial charge on any atom is 0.416 e. The van der Waals surface area contributed by atoms with Crippen molar-refractivity contribution in [2.75, 3.05) is 17.5 Å². The summed E-state index contributed by atoms with van der Waals surface area (Å²) in [5.41, 5.74) is 1.14. The summed E-state index contributed by atoms with van der Waals surface area (Å²) in [6.07, 6.45) is -4.24. The average molecular weight is 681 g/mol. The molecule has 0 saturated heterocycles. The van der Waals surface area contributed by atoms with Crippen molar-refractivity contribution < 1.29 is 40.7 Å². The Morgan fingerprint density at radius 2 is 1.56 bits per heavy atom. The monoisotopic (exact) mass is 680 g/mol. The fourth-order valence-electron chi connectivity index (χ4n) is 5.37. The third kappa shape index (κ3) is 8.17. The highest BCUT2D eigenvalue weighted by Gasteiger charge is 2.42. The number of sulfonamides is 1. The van der Waals surface area contributed by atoms with Crippen molar-refractivity contribution in [3.63, 3.8) is 0 Å². The van der Waals surface area contributed by atoms with E-state index in [2.05, 4.69) is 5.32 Å². The first-order valence-electron chi connectivity index (χ1n) is 15.2. The number of carbonyl (C=O) groups excluding carboxylic acids is 2. The van der Waals surface area contributed by atoms with Gasteiger partial charge in [0, 0.05) is 6.42 Å². The molecule has 8 nitrogen and oxygen atoms in total. The lowest BCUT2D eigenvalue weighted by molar-refractivity contribution is -0.154. The van der Waals surface area contributed by atoms with E-state index < -0.39 is 39.3 Å². The maximum atomic E-state index is 14.0. The Balaban J connectivity index is 1.24. The third-order valence-corrected chi connectivity index (χ3v) is 9.36. The highest BCUT2D eigenvalue weighted by Crippen LogP contribution is 2.38. The van der Waals surface area contributed by atoms with Crippen molar-refractivity contribution in [1.29, 1.82) is 0 Å². The van der Waals surface area contributed by atoms with E-state index in [9.17, 15) is 31.2 Å². The number of carbonyl (C=O) groups is 2. The van der Waals surface area contributed by atoms with Gasteiger partial charge in [-0.05, 0) is 85.5 Å². The summed E-state index contributed by atoms with van der Waals surface area (Å²) in [7, 11) is -4.25. The quantitative estimate of drug-likeness (QED) is 0.150. The van der Waals surface area contributed by atoms with Crippen LogP contribution in [0, 0.1) is 0 Å². The number of rotatable bonds is 10. The van der Waals surface area contributed by atoms with Gasteiger partial charge in [0.15, 0.2) is 0 Å². The Morgan fingerprint density at radius 3 is 2.23 bits per heavy atom. The normalized spacial score (nSPS) is 14.7. The van der Waals surface area contributed by atoms with Crippen molar-refractivity contribution in [2.45, 2.75) is 56.3 Å². The van der Waals surface area contributed by atoms with Crippen molar-refractivity contribution >= 4 is 27.6 Å². The van der Waals surface area contributed by atoms with E-state index in [4.69, 9.17) is 9.47 Å². The van der Waals surface area contributed by atoms with Crippen LogP contribution < -0.4 is 14.4 Å². The number of anilines is 1. The zero-order valence-corrected chi connectivity index (χ0v) is 27.4. The molecule has 0 spiro atoms. The third-order valence-electron chi connectivity index (χ3n) is 7.52. The van der Waals surface area contributed by atoms with Crippen molar-refractivity contribution in [1.82, 2.24) is 5.32 Å². The van der Waals surface area contributed by atoms with Crippen LogP contribution in [0.25, 0.3) is 11.1 Å². The molecule has 1 heterocycles. The van der Waals surface area contributed by atoms with Gasteiger partial charge in [-0.3, -0.25) is 13.9 Å². The number of para-hydroxylation sites is 1. The molecule has 0 aliphatic carbocycles. The fraction of sp³-hybridized carbons (Fsp3) is 0.278. The number of benzene rings is 4. The molecule has 1 atom stereocenters. The van der Waals surface area contributed by atoms with Gasteiger partial charge in [0.05, 0.1) is 29.1 Å². The van der Waals surface area contributed by atoms with Crippen LogP contribution in [0.15, 0.2) is 102 Å². The van der Waals surface area contributed by atoms with Crippen LogP contribution in [0.5, 0.6) is 5.75 Å². The van der Waals surface area contributed by atoms with E-state index in [1.54, 1.807) is 69.3 Å². The van der Waals surface area contributed by atoms with Gasteiger partial charge in [-0.1, -0.05) is 54.6 Å². The summed E-state index contributed by atoms with van der Waals surface area (Å²) in [5, 5.41) is 2.77. The van der Waals surface area contributed by atoms with Gasteiger partial charge in [-0.15, -0.1) is 0 Å². The number of nitrogens with zero attached hydrogens (tertiary/aromatic N) is 1. The van der Waals surface area contributed by atoms with Crippen LogP contribution >= 0.6 is 0 Å². The van der Waals surface area contributed by atoms with E-state index in [1.807, 2.05) is 0 Å². The molecule has 12 heteroatoms. The lowest BCUT2D eigenvalue weighted by Crippen LogP contribution is -2.48. The van der Waals surface area contributed by atoms with Crippen molar-refractivity contribution in [3.05, 3.63) is 114 Å². The topological polar surface area (TPSA) is 102 Å².